The number of nitrogens with zero attached hydrogens (tertiary/aromatic N) is 2. The maximum Gasteiger partial charge on any atom is 0.188 e. The molecule has 0 radical (unpaired) electrons. The second kappa shape index (κ2) is 4.87. The van der Waals surface area contributed by atoms with Crippen LogP contribution in [0.4, 0.5) is 19.6 Å². The van der Waals surface area contributed by atoms with Gasteiger partial charge in [0, 0.05) is 0 Å². The minimum absolute atomic E-state index is 0.0603. The molecule has 0 atom stereocenters. The van der Waals surface area contributed by atoms with Crippen molar-refractivity contribution in [3.63, 3.8) is 0 Å². The molecule has 0 aliphatic heterocycles. The van der Waals surface area contributed by atoms with Crippen molar-refractivity contribution in [3.8, 4) is 6.07 Å². The molecule has 20 heavy (non-hydrogen) atoms. The van der Waals surface area contributed by atoms with Gasteiger partial charge in [0.1, 0.15) is 5.69 Å². The van der Waals surface area contributed by atoms with E-state index < -0.39 is 11.6 Å². The lowest BCUT2D eigenvalue weighted by Crippen LogP contribution is -1.98. The van der Waals surface area contributed by atoms with E-state index >= 15 is 0 Å². The molecule has 0 aliphatic carbocycles. The summed E-state index contributed by atoms with van der Waals surface area (Å²) in [6.45, 7) is 0. The van der Waals surface area contributed by atoms with Crippen molar-refractivity contribution in [1.82, 2.24) is 4.98 Å². The van der Waals surface area contributed by atoms with Crippen molar-refractivity contribution in [1.29, 1.82) is 5.26 Å². The molecule has 1 aromatic heterocycles. The van der Waals surface area contributed by atoms with Gasteiger partial charge < -0.3 is 5.32 Å². The number of anilines is 2. The van der Waals surface area contributed by atoms with Crippen molar-refractivity contribution in [2.24, 2.45) is 0 Å². The van der Waals surface area contributed by atoms with Crippen LogP contribution < -0.4 is 5.32 Å². The number of halogens is 2. The Morgan fingerprint density at radius 3 is 2.50 bits per heavy atom. The van der Waals surface area contributed by atoms with E-state index in [9.17, 15) is 8.78 Å². The average molecular weight is 287 g/mol. The second-order valence-corrected chi connectivity index (χ2v) is 5.07. The third-order valence-corrected chi connectivity index (χ3v) is 3.65. The summed E-state index contributed by atoms with van der Waals surface area (Å²) in [6.07, 6.45) is 0. The van der Waals surface area contributed by atoms with Gasteiger partial charge in [0.15, 0.2) is 16.8 Å². The lowest BCUT2D eigenvalue weighted by molar-refractivity contribution is 0.590. The normalized spacial score (nSPS) is 10.4. The highest BCUT2D eigenvalue weighted by molar-refractivity contribution is 7.22. The Bertz CT molecular complexity index is 780. The summed E-state index contributed by atoms with van der Waals surface area (Å²) in [5, 5.41) is 11.7. The summed E-state index contributed by atoms with van der Waals surface area (Å²) < 4.78 is 28.4. The average Bonchev–Trinajstić information content (AvgIpc) is 2.85. The van der Waals surface area contributed by atoms with Crippen molar-refractivity contribution in [2.45, 2.75) is 0 Å². The van der Waals surface area contributed by atoms with Gasteiger partial charge in [-0.15, -0.1) is 0 Å². The summed E-state index contributed by atoms with van der Waals surface area (Å²) in [7, 11) is 0. The summed E-state index contributed by atoms with van der Waals surface area (Å²) in [5.41, 5.74) is 0.396. The second-order valence-electron chi connectivity index (χ2n) is 4.04. The van der Waals surface area contributed by atoms with Gasteiger partial charge in [-0.05, 0) is 24.3 Å². The highest BCUT2D eigenvalue weighted by atomic mass is 32.1. The fourth-order valence-corrected chi connectivity index (χ4v) is 2.66. The van der Waals surface area contributed by atoms with Crippen molar-refractivity contribution in [2.75, 3.05) is 5.32 Å². The molecule has 1 N–H and O–H groups in total. The molecule has 0 unspecified atom stereocenters. The molecule has 98 valence electrons. The van der Waals surface area contributed by atoms with Crippen LogP contribution >= 0.6 is 11.3 Å². The number of hydrogen-bond donors (Lipinski definition) is 1. The standard InChI is InChI=1S/C14H7F2N3S/c15-9-5-8(7-17)6-10(16)13(9)19-14-18-11-3-1-2-4-12(11)20-14/h1-6H,(H,18,19). The molecule has 0 aliphatic rings. The van der Waals surface area contributed by atoms with Crippen LogP contribution in [-0.4, -0.2) is 4.98 Å². The van der Waals surface area contributed by atoms with E-state index in [1.807, 2.05) is 24.3 Å². The van der Waals surface area contributed by atoms with Crippen LogP contribution in [0.5, 0.6) is 0 Å². The highest BCUT2D eigenvalue weighted by Crippen LogP contribution is 2.30. The van der Waals surface area contributed by atoms with Gasteiger partial charge in [0.2, 0.25) is 0 Å². The Morgan fingerprint density at radius 1 is 1.15 bits per heavy atom. The van der Waals surface area contributed by atoms with Crippen LogP contribution in [0.2, 0.25) is 0 Å². The molecule has 0 spiro atoms. The van der Waals surface area contributed by atoms with Crippen molar-refractivity contribution in [3.05, 3.63) is 53.6 Å². The minimum atomic E-state index is -0.819. The van der Waals surface area contributed by atoms with E-state index in [4.69, 9.17) is 5.26 Å². The molecular weight excluding hydrogens is 280 g/mol. The van der Waals surface area contributed by atoms with Crippen LogP contribution in [0, 0.1) is 23.0 Å². The Labute approximate surface area is 117 Å². The summed E-state index contributed by atoms with van der Waals surface area (Å²) >= 11 is 1.30. The smallest absolute Gasteiger partial charge is 0.188 e. The van der Waals surface area contributed by atoms with Crippen molar-refractivity contribution >= 4 is 32.4 Å². The summed E-state index contributed by atoms with van der Waals surface area (Å²) in [6, 6.07) is 11.1. The predicted octanol–water partition coefficient (Wildman–Crippen LogP) is 4.19. The Morgan fingerprint density at radius 2 is 1.85 bits per heavy atom. The molecule has 0 saturated heterocycles. The zero-order valence-electron chi connectivity index (χ0n) is 10.0. The van der Waals surface area contributed by atoms with E-state index in [2.05, 4.69) is 10.3 Å². The molecule has 0 amide bonds. The van der Waals surface area contributed by atoms with Crippen LogP contribution in [0.1, 0.15) is 5.56 Å². The van der Waals surface area contributed by atoms with E-state index in [-0.39, 0.29) is 11.3 Å². The number of benzene rings is 2. The molecule has 0 bridgehead atoms. The number of aromatic nitrogens is 1. The fourth-order valence-electron chi connectivity index (χ4n) is 1.79. The first kappa shape index (κ1) is 12.5. The number of nitrogens with one attached hydrogen (secondary N) is 1. The van der Waals surface area contributed by atoms with Gasteiger partial charge in [0.05, 0.1) is 21.8 Å². The number of nitriles is 1. The molecular formula is C14H7F2N3S. The number of fused-ring (bicyclic) bond motifs is 1. The topological polar surface area (TPSA) is 48.7 Å². The largest absolute Gasteiger partial charge is 0.327 e. The molecule has 0 saturated carbocycles. The molecule has 0 fully saturated rings. The predicted molar refractivity (Wildman–Crippen MR) is 74.0 cm³/mol. The van der Waals surface area contributed by atoms with Gasteiger partial charge in [-0.2, -0.15) is 5.26 Å². The first-order valence-corrected chi connectivity index (χ1v) is 6.51. The van der Waals surface area contributed by atoms with E-state index in [1.165, 1.54) is 11.3 Å². The molecule has 6 heteroatoms. The third-order valence-electron chi connectivity index (χ3n) is 2.70. The highest BCUT2D eigenvalue weighted by Gasteiger charge is 2.13. The van der Waals surface area contributed by atoms with Gasteiger partial charge in [-0.3, -0.25) is 0 Å². The monoisotopic (exact) mass is 287 g/mol. The SMILES string of the molecule is N#Cc1cc(F)c(Nc2nc3ccccc3s2)c(F)c1. The minimum Gasteiger partial charge on any atom is -0.327 e. The van der Waals surface area contributed by atoms with E-state index in [1.54, 1.807) is 6.07 Å². The Hall–Kier alpha value is -2.52. The summed E-state index contributed by atoms with van der Waals surface area (Å²) in [4.78, 5) is 4.24. The van der Waals surface area contributed by atoms with Crippen molar-refractivity contribution < 1.29 is 8.78 Å². The van der Waals surface area contributed by atoms with E-state index in [0.717, 1.165) is 22.3 Å². The number of thiazole rings is 1. The Kier molecular flexibility index (Phi) is 3.05. The Balaban J connectivity index is 2.01. The van der Waals surface area contributed by atoms with Crippen LogP contribution in [0.3, 0.4) is 0 Å². The van der Waals surface area contributed by atoms with Gasteiger partial charge in [0.25, 0.3) is 0 Å². The zero-order valence-corrected chi connectivity index (χ0v) is 10.8. The van der Waals surface area contributed by atoms with Gasteiger partial charge in [-0.1, -0.05) is 23.5 Å². The van der Waals surface area contributed by atoms with Crippen LogP contribution in [0.25, 0.3) is 10.2 Å². The summed E-state index contributed by atoms with van der Waals surface area (Å²) in [5.74, 6) is -1.64. The number of hydrogen-bond acceptors (Lipinski definition) is 4. The van der Waals surface area contributed by atoms with Gasteiger partial charge >= 0.3 is 0 Å². The first-order chi connectivity index (χ1) is 9.67. The third kappa shape index (κ3) is 2.19. The lowest BCUT2D eigenvalue weighted by atomic mass is 10.2. The fraction of sp³-hybridized carbons (Fsp3) is 0. The number of para-hydroxylation sites is 1. The quantitative estimate of drug-likeness (QED) is 0.768. The molecule has 2 aromatic carbocycles. The first-order valence-electron chi connectivity index (χ1n) is 5.69. The van der Waals surface area contributed by atoms with Crippen LogP contribution in [0.15, 0.2) is 36.4 Å². The van der Waals surface area contributed by atoms with Crippen LogP contribution in [-0.2, 0) is 0 Å². The molecule has 3 nitrogen and oxygen atoms in total. The number of rotatable bonds is 2. The maximum atomic E-state index is 13.8. The van der Waals surface area contributed by atoms with E-state index in [0.29, 0.717) is 5.13 Å². The molecule has 3 aromatic rings. The molecule has 1 heterocycles. The van der Waals surface area contributed by atoms with Gasteiger partial charge in [-0.25, -0.2) is 13.8 Å². The molecule has 3 rings (SSSR count). The lowest BCUT2D eigenvalue weighted by Gasteiger charge is -2.05. The maximum absolute atomic E-state index is 13.8. The zero-order chi connectivity index (χ0) is 14.1.